The Bertz CT molecular complexity index is 360. The molecule has 0 saturated carbocycles. The van der Waals surface area contributed by atoms with E-state index in [0.717, 1.165) is 31.1 Å². The van der Waals surface area contributed by atoms with Crippen molar-refractivity contribution in [3.05, 3.63) is 16.9 Å². The molecule has 1 aromatic heterocycles. The largest absolute Gasteiger partial charge is 0.463 e. The molecule has 0 aromatic carbocycles. The van der Waals surface area contributed by atoms with E-state index in [4.69, 9.17) is 16.3 Å². The van der Waals surface area contributed by atoms with Gasteiger partial charge in [0.1, 0.15) is 5.15 Å². The van der Waals surface area contributed by atoms with Crippen LogP contribution in [0.2, 0.25) is 5.15 Å². The van der Waals surface area contributed by atoms with E-state index in [1.165, 1.54) is 19.3 Å². The number of piperidine rings is 1. The molecule has 18 heavy (non-hydrogen) atoms. The Morgan fingerprint density at radius 1 is 1.39 bits per heavy atom. The summed E-state index contributed by atoms with van der Waals surface area (Å²) in [6.07, 6.45) is 4.85. The average molecular weight is 270 g/mol. The van der Waals surface area contributed by atoms with Crippen LogP contribution in [0, 0.1) is 12.8 Å². The lowest BCUT2D eigenvalue weighted by atomic mass is 9.93. The average Bonchev–Trinajstić information content (AvgIpc) is 2.35. The Morgan fingerprint density at radius 3 is 2.89 bits per heavy atom. The fourth-order valence-electron chi connectivity index (χ4n) is 2.27. The topological polar surface area (TPSA) is 47.0 Å². The van der Waals surface area contributed by atoms with Crippen molar-refractivity contribution in [2.45, 2.75) is 32.6 Å². The highest BCUT2D eigenvalue weighted by Crippen LogP contribution is 2.18. The summed E-state index contributed by atoms with van der Waals surface area (Å²) in [4.78, 5) is 8.23. The quantitative estimate of drug-likeness (QED) is 0.659. The van der Waals surface area contributed by atoms with Crippen LogP contribution in [0.25, 0.3) is 0 Å². The van der Waals surface area contributed by atoms with Gasteiger partial charge in [0.2, 0.25) is 0 Å². The number of ether oxygens (including phenoxy) is 1. The molecule has 1 aromatic rings. The van der Waals surface area contributed by atoms with Crippen LogP contribution >= 0.6 is 11.6 Å². The smallest absolute Gasteiger partial charge is 0.318 e. The van der Waals surface area contributed by atoms with Crippen molar-refractivity contribution in [3.63, 3.8) is 0 Å². The number of halogens is 1. The SMILES string of the molecule is Cc1cc(Cl)nc(OCCCC2CCNCC2)n1. The summed E-state index contributed by atoms with van der Waals surface area (Å²) in [5, 5.41) is 3.82. The lowest BCUT2D eigenvalue weighted by Gasteiger charge is -2.22. The summed E-state index contributed by atoms with van der Waals surface area (Å²) in [5.74, 6) is 0.844. The van der Waals surface area contributed by atoms with Crippen LogP contribution in [-0.2, 0) is 0 Å². The van der Waals surface area contributed by atoms with E-state index < -0.39 is 0 Å². The summed E-state index contributed by atoms with van der Waals surface area (Å²) in [5.41, 5.74) is 0.836. The van der Waals surface area contributed by atoms with Crippen molar-refractivity contribution in [1.82, 2.24) is 15.3 Å². The van der Waals surface area contributed by atoms with Crippen molar-refractivity contribution in [2.75, 3.05) is 19.7 Å². The number of nitrogens with zero attached hydrogens (tertiary/aromatic N) is 2. The molecule has 1 fully saturated rings. The first kappa shape index (κ1) is 13.6. The molecule has 1 aliphatic heterocycles. The molecule has 0 aliphatic carbocycles. The van der Waals surface area contributed by atoms with Gasteiger partial charge in [-0.25, -0.2) is 4.98 Å². The summed E-state index contributed by atoms with van der Waals surface area (Å²) >= 11 is 5.85. The molecule has 0 unspecified atom stereocenters. The molecular weight excluding hydrogens is 250 g/mol. The Kier molecular flexibility index (Phi) is 5.20. The van der Waals surface area contributed by atoms with Crippen LogP contribution in [0.5, 0.6) is 6.01 Å². The zero-order chi connectivity index (χ0) is 12.8. The fourth-order valence-corrected chi connectivity index (χ4v) is 2.50. The molecule has 0 spiro atoms. The van der Waals surface area contributed by atoms with Gasteiger partial charge in [-0.2, -0.15) is 4.98 Å². The van der Waals surface area contributed by atoms with Gasteiger partial charge in [0.15, 0.2) is 0 Å². The highest BCUT2D eigenvalue weighted by atomic mass is 35.5. The predicted octanol–water partition coefficient (Wildman–Crippen LogP) is 2.60. The van der Waals surface area contributed by atoms with Gasteiger partial charge in [-0.1, -0.05) is 11.6 Å². The van der Waals surface area contributed by atoms with Crippen molar-refractivity contribution >= 4 is 11.6 Å². The standard InChI is InChI=1S/C13H20ClN3O/c1-10-9-12(14)17-13(16-10)18-8-2-3-11-4-6-15-7-5-11/h9,11,15H,2-8H2,1H3. The van der Waals surface area contributed by atoms with Crippen LogP contribution in [0.1, 0.15) is 31.4 Å². The number of aromatic nitrogens is 2. The normalized spacial score (nSPS) is 16.8. The Hall–Kier alpha value is -0.870. The molecule has 0 bridgehead atoms. The molecule has 1 N–H and O–H groups in total. The molecule has 5 heteroatoms. The highest BCUT2D eigenvalue weighted by Gasteiger charge is 2.12. The molecule has 0 atom stereocenters. The summed E-state index contributed by atoms with van der Waals surface area (Å²) in [6, 6.07) is 2.12. The maximum atomic E-state index is 5.85. The van der Waals surface area contributed by atoms with E-state index in [2.05, 4.69) is 15.3 Å². The second-order valence-electron chi connectivity index (χ2n) is 4.80. The molecule has 1 aliphatic rings. The maximum absolute atomic E-state index is 5.85. The third kappa shape index (κ3) is 4.42. The molecule has 0 radical (unpaired) electrons. The molecule has 1 saturated heterocycles. The second kappa shape index (κ2) is 6.90. The lowest BCUT2D eigenvalue weighted by Crippen LogP contribution is -2.27. The zero-order valence-corrected chi connectivity index (χ0v) is 11.5. The fraction of sp³-hybridized carbons (Fsp3) is 0.692. The van der Waals surface area contributed by atoms with Crippen LogP contribution < -0.4 is 10.1 Å². The first-order valence-corrected chi connectivity index (χ1v) is 6.96. The Balaban J connectivity index is 1.68. The summed E-state index contributed by atoms with van der Waals surface area (Å²) < 4.78 is 5.54. The zero-order valence-electron chi connectivity index (χ0n) is 10.8. The minimum absolute atomic E-state index is 0.394. The van der Waals surface area contributed by atoms with Gasteiger partial charge in [0, 0.05) is 5.69 Å². The molecule has 2 heterocycles. The first-order valence-electron chi connectivity index (χ1n) is 6.59. The van der Waals surface area contributed by atoms with Gasteiger partial charge in [0.25, 0.3) is 0 Å². The minimum Gasteiger partial charge on any atom is -0.463 e. The van der Waals surface area contributed by atoms with Gasteiger partial charge in [-0.3, -0.25) is 0 Å². The van der Waals surface area contributed by atoms with Gasteiger partial charge < -0.3 is 10.1 Å². The third-order valence-electron chi connectivity index (χ3n) is 3.25. The number of rotatable bonds is 5. The third-order valence-corrected chi connectivity index (χ3v) is 3.44. The number of nitrogens with one attached hydrogen (secondary N) is 1. The van der Waals surface area contributed by atoms with Crippen molar-refractivity contribution in [3.8, 4) is 6.01 Å². The summed E-state index contributed by atoms with van der Waals surface area (Å²) in [6.45, 7) is 4.86. The number of aryl methyl sites for hydroxylation is 1. The number of hydrogen-bond acceptors (Lipinski definition) is 4. The molecule has 4 nitrogen and oxygen atoms in total. The van der Waals surface area contributed by atoms with Crippen molar-refractivity contribution in [2.24, 2.45) is 5.92 Å². The van der Waals surface area contributed by atoms with Crippen molar-refractivity contribution in [1.29, 1.82) is 0 Å². The van der Waals surface area contributed by atoms with Crippen LogP contribution in [0.4, 0.5) is 0 Å². The van der Waals surface area contributed by atoms with Crippen molar-refractivity contribution < 1.29 is 4.74 Å². The van der Waals surface area contributed by atoms with E-state index in [9.17, 15) is 0 Å². The van der Waals surface area contributed by atoms with Crippen LogP contribution in [0.3, 0.4) is 0 Å². The summed E-state index contributed by atoms with van der Waals surface area (Å²) in [7, 11) is 0. The lowest BCUT2D eigenvalue weighted by molar-refractivity contribution is 0.258. The van der Waals surface area contributed by atoms with Gasteiger partial charge in [0.05, 0.1) is 6.61 Å². The van der Waals surface area contributed by atoms with Crippen LogP contribution in [0.15, 0.2) is 6.07 Å². The minimum atomic E-state index is 0.394. The van der Waals surface area contributed by atoms with Crippen LogP contribution in [-0.4, -0.2) is 29.7 Å². The number of hydrogen-bond donors (Lipinski definition) is 1. The van der Waals surface area contributed by atoms with E-state index >= 15 is 0 Å². The molecule has 100 valence electrons. The van der Waals surface area contributed by atoms with Gasteiger partial charge >= 0.3 is 6.01 Å². The van der Waals surface area contributed by atoms with E-state index in [1.54, 1.807) is 6.07 Å². The second-order valence-corrected chi connectivity index (χ2v) is 5.19. The first-order chi connectivity index (χ1) is 8.74. The van der Waals surface area contributed by atoms with Gasteiger partial charge in [-0.05, 0) is 57.7 Å². The van der Waals surface area contributed by atoms with E-state index in [0.29, 0.717) is 17.8 Å². The maximum Gasteiger partial charge on any atom is 0.318 e. The van der Waals surface area contributed by atoms with E-state index in [-0.39, 0.29) is 0 Å². The predicted molar refractivity (Wildman–Crippen MR) is 72.1 cm³/mol. The van der Waals surface area contributed by atoms with E-state index in [1.807, 2.05) is 6.92 Å². The van der Waals surface area contributed by atoms with Gasteiger partial charge in [-0.15, -0.1) is 0 Å². The Labute approximate surface area is 113 Å². The molecule has 0 amide bonds. The Morgan fingerprint density at radius 2 is 2.17 bits per heavy atom. The molecule has 2 rings (SSSR count). The highest BCUT2D eigenvalue weighted by molar-refractivity contribution is 6.29. The molecular formula is C13H20ClN3O. The monoisotopic (exact) mass is 269 g/mol.